The summed E-state index contributed by atoms with van der Waals surface area (Å²) in [5.41, 5.74) is 2.19. The Labute approximate surface area is 296 Å². The van der Waals surface area contributed by atoms with Crippen LogP contribution in [0.2, 0.25) is 0 Å². The van der Waals surface area contributed by atoms with Gasteiger partial charge in [0.2, 0.25) is 11.0 Å². The molecular weight excluding hydrogens is 686 g/mol. The summed E-state index contributed by atoms with van der Waals surface area (Å²) in [7, 11) is 1.91. The van der Waals surface area contributed by atoms with Crippen LogP contribution in [0.3, 0.4) is 0 Å². The number of rotatable bonds is 19. The summed E-state index contributed by atoms with van der Waals surface area (Å²) in [5, 5.41) is 10.4. The van der Waals surface area contributed by atoms with E-state index in [0.29, 0.717) is 44.4 Å². The monoisotopic (exact) mass is 730 g/mol. The molecule has 1 aromatic heterocycles. The number of methoxy groups -OCH3 is 4. The number of aryl methyl sites for hydroxylation is 3. The number of carbonyl (C=O) groups excluding carboxylic acids is 1. The second kappa shape index (κ2) is 17.7. The lowest BCUT2D eigenvalue weighted by molar-refractivity contribution is -0.645. The van der Waals surface area contributed by atoms with E-state index in [4.69, 9.17) is 33.2 Å². The van der Waals surface area contributed by atoms with E-state index < -0.39 is 40.0 Å². The van der Waals surface area contributed by atoms with Crippen LogP contribution >= 0.6 is 0 Å². The molecule has 0 fully saturated rings. The Balaban J connectivity index is 2.00. The highest BCUT2D eigenvalue weighted by molar-refractivity contribution is 7.85. The molecule has 51 heavy (non-hydrogen) atoms. The van der Waals surface area contributed by atoms with Crippen molar-refractivity contribution in [1.82, 2.24) is 0 Å². The van der Waals surface area contributed by atoms with Crippen LogP contribution in [-0.4, -0.2) is 103 Å². The standard InChI is InChI=1S/C36H43NO13S/c1-22-14-24(35(38)39)15-23(2)34(22)50-36(40)33-29-16-25(48-27(18-44-3)19-45-4)8-10-31(29)37(12-7-13-51(41,42)43)32-11-9-26(17-30(32)33)49-28(20-46-5)21-47-6/h8-11,14-17,27-28H,7,12-13,18-21H2,1-6H3,(H-,38,39,41,42,43)/p+1. The van der Waals surface area contributed by atoms with Crippen LogP contribution < -0.4 is 18.8 Å². The number of esters is 1. The fraction of sp³-hybridized carbons (Fsp3) is 0.417. The average Bonchev–Trinajstić information content (AvgIpc) is 3.05. The number of benzene rings is 3. The van der Waals surface area contributed by atoms with Gasteiger partial charge in [-0.2, -0.15) is 13.0 Å². The molecule has 4 aromatic rings. The number of carboxylic acids is 1. The highest BCUT2D eigenvalue weighted by atomic mass is 32.2. The number of hydrogen-bond donors (Lipinski definition) is 2. The summed E-state index contributed by atoms with van der Waals surface area (Å²) in [4.78, 5) is 26.2. The zero-order chi connectivity index (χ0) is 37.3. The second-order valence-electron chi connectivity index (χ2n) is 12.0. The molecule has 15 heteroatoms. The minimum Gasteiger partial charge on any atom is -0.486 e. The number of hydrogen-bond acceptors (Lipinski definition) is 11. The Morgan fingerprint density at radius 1 is 0.745 bits per heavy atom. The van der Waals surface area contributed by atoms with E-state index in [2.05, 4.69) is 0 Å². The third kappa shape index (κ3) is 10.1. The predicted octanol–water partition coefficient (Wildman–Crippen LogP) is 4.17. The van der Waals surface area contributed by atoms with Gasteiger partial charge in [0.1, 0.15) is 29.5 Å². The van der Waals surface area contributed by atoms with Crippen molar-refractivity contribution >= 4 is 43.9 Å². The molecule has 0 saturated heterocycles. The van der Waals surface area contributed by atoms with Gasteiger partial charge in [-0.1, -0.05) is 0 Å². The summed E-state index contributed by atoms with van der Waals surface area (Å²) in [6, 6.07) is 13.2. The van der Waals surface area contributed by atoms with Crippen LogP contribution in [0.5, 0.6) is 17.2 Å². The summed E-state index contributed by atoms with van der Waals surface area (Å²) in [6.45, 7) is 4.37. The Morgan fingerprint density at radius 3 is 1.59 bits per heavy atom. The number of nitrogens with zero attached hydrogens (tertiary/aromatic N) is 1. The van der Waals surface area contributed by atoms with Crippen molar-refractivity contribution in [2.45, 2.75) is 39.0 Å². The molecule has 0 unspecified atom stereocenters. The van der Waals surface area contributed by atoms with E-state index in [9.17, 15) is 27.7 Å². The lowest BCUT2D eigenvalue weighted by Crippen LogP contribution is -2.37. The van der Waals surface area contributed by atoms with Crippen molar-refractivity contribution in [1.29, 1.82) is 0 Å². The minimum atomic E-state index is -4.25. The third-order valence-electron chi connectivity index (χ3n) is 7.96. The normalized spacial score (nSPS) is 11.9. The number of ether oxygens (including phenoxy) is 7. The zero-order valence-corrected chi connectivity index (χ0v) is 30.3. The van der Waals surface area contributed by atoms with E-state index in [1.54, 1.807) is 78.7 Å². The number of fused-ring (bicyclic) bond motifs is 2. The van der Waals surface area contributed by atoms with E-state index >= 15 is 0 Å². The highest BCUT2D eigenvalue weighted by Crippen LogP contribution is 2.34. The van der Waals surface area contributed by atoms with Gasteiger partial charge in [-0.3, -0.25) is 4.55 Å². The number of carboxylic acid groups (broad SMARTS) is 1. The van der Waals surface area contributed by atoms with Crippen molar-refractivity contribution in [3.8, 4) is 17.2 Å². The van der Waals surface area contributed by atoms with Gasteiger partial charge in [0.25, 0.3) is 10.1 Å². The predicted molar refractivity (Wildman–Crippen MR) is 187 cm³/mol. The van der Waals surface area contributed by atoms with Crippen LogP contribution in [0.15, 0.2) is 48.5 Å². The highest BCUT2D eigenvalue weighted by Gasteiger charge is 2.29. The molecule has 3 aromatic carbocycles. The molecule has 2 N–H and O–H groups in total. The minimum absolute atomic E-state index is 0.0540. The maximum atomic E-state index is 14.5. The Morgan fingerprint density at radius 2 is 1.20 bits per heavy atom. The second-order valence-corrected chi connectivity index (χ2v) is 13.5. The molecule has 0 saturated carbocycles. The number of aromatic carboxylic acids is 1. The summed E-state index contributed by atoms with van der Waals surface area (Å²) < 4.78 is 74.3. The van der Waals surface area contributed by atoms with E-state index in [1.807, 2.05) is 4.57 Å². The molecule has 0 aliphatic carbocycles. The van der Waals surface area contributed by atoms with Gasteiger partial charge in [0.05, 0.1) is 54.1 Å². The maximum absolute atomic E-state index is 14.5. The first kappa shape index (κ1) is 39.4. The van der Waals surface area contributed by atoms with Crippen molar-refractivity contribution in [2.24, 2.45) is 0 Å². The van der Waals surface area contributed by atoms with Crippen LogP contribution in [0, 0.1) is 13.8 Å². The van der Waals surface area contributed by atoms with Crippen molar-refractivity contribution in [2.75, 3.05) is 60.6 Å². The lowest BCUT2D eigenvalue weighted by Gasteiger charge is -2.20. The van der Waals surface area contributed by atoms with Gasteiger partial charge in [-0.05, 0) is 61.4 Å². The number of pyridine rings is 1. The average molecular weight is 731 g/mol. The number of aromatic nitrogens is 1. The third-order valence-corrected chi connectivity index (χ3v) is 8.77. The SMILES string of the molecule is COCC(COC)Oc1ccc2c(c1)c(C(=O)Oc1c(C)cc(C(=O)O)cc1C)c1cc(OC(COC)COC)ccc1[n+]2CCCS(=O)(=O)O. The van der Waals surface area contributed by atoms with Gasteiger partial charge < -0.3 is 38.3 Å². The molecule has 0 bridgehead atoms. The molecule has 0 aliphatic rings. The van der Waals surface area contributed by atoms with Gasteiger partial charge in [0.15, 0.2) is 6.54 Å². The lowest BCUT2D eigenvalue weighted by atomic mass is 10.0. The maximum Gasteiger partial charge on any atom is 0.345 e. The van der Waals surface area contributed by atoms with Crippen LogP contribution in [0.25, 0.3) is 21.8 Å². The van der Waals surface area contributed by atoms with Crippen LogP contribution in [0.4, 0.5) is 0 Å². The zero-order valence-electron chi connectivity index (χ0n) is 29.5. The molecule has 0 aliphatic heterocycles. The smallest absolute Gasteiger partial charge is 0.345 e. The summed E-state index contributed by atoms with van der Waals surface area (Å²) >= 11 is 0. The van der Waals surface area contributed by atoms with Crippen LogP contribution in [-0.2, 0) is 35.6 Å². The molecule has 0 amide bonds. The molecular formula is C36H44NO13S+. The first-order valence-electron chi connectivity index (χ1n) is 16.0. The van der Waals surface area contributed by atoms with E-state index in [0.717, 1.165) is 0 Å². The van der Waals surface area contributed by atoms with Crippen molar-refractivity contribution in [3.05, 3.63) is 70.8 Å². The molecule has 0 atom stereocenters. The molecule has 276 valence electrons. The Bertz CT molecular complexity index is 1870. The largest absolute Gasteiger partial charge is 0.486 e. The first-order chi connectivity index (χ1) is 24.3. The fourth-order valence-electron chi connectivity index (χ4n) is 5.93. The Kier molecular flexibility index (Phi) is 13.7. The molecule has 0 radical (unpaired) electrons. The molecule has 1 heterocycles. The van der Waals surface area contributed by atoms with Gasteiger partial charge in [-0.25, -0.2) is 9.59 Å². The topological polar surface area (TPSA) is 177 Å². The van der Waals surface area contributed by atoms with E-state index in [1.165, 1.54) is 12.1 Å². The summed E-state index contributed by atoms with van der Waals surface area (Å²) in [6.07, 6.45) is -0.894. The molecule has 0 spiro atoms. The first-order valence-corrected chi connectivity index (χ1v) is 17.6. The van der Waals surface area contributed by atoms with Crippen molar-refractivity contribution < 1.29 is 65.4 Å². The van der Waals surface area contributed by atoms with Gasteiger partial charge in [-0.15, -0.1) is 0 Å². The fourth-order valence-corrected chi connectivity index (χ4v) is 6.42. The van der Waals surface area contributed by atoms with Gasteiger partial charge >= 0.3 is 11.9 Å². The van der Waals surface area contributed by atoms with Crippen molar-refractivity contribution in [3.63, 3.8) is 0 Å². The molecule has 4 rings (SSSR count). The Hall–Kier alpha value is -4.38. The number of carbonyl (C=O) groups is 2. The quantitative estimate of drug-likeness (QED) is 0.0463. The molecule has 14 nitrogen and oxygen atoms in total. The van der Waals surface area contributed by atoms with Crippen LogP contribution in [0.1, 0.15) is 38.3 Å². The van der Waals surface area contributed by atoms with E-state index in [-0.39, 0.29) is 56.3 Å². The van der Waals surface area contributed by atoms with Gasteiger partial charge in [0, 0.05) is 47.0 Å². The summed E-state index contributed by atoms with van der Waals surface area (Å²) in [5.74, 6) is -1.34.